The molecule has 11 heteroatoms. The van der Waals surface area contributed by atoms with Gasteiger partial charge in [0, 0.05) is 6.54 Å². The molecule has 1 heterocycles. The van der Waals surface area contributed by atoms with Crippen LogP contribution < -0.4 is 15.2 Å². The van der Waals surface area contributed by atoms with Gasteiger partial charge >= 0.3 is 0 Å². The molecule has 0 aliphatic rings. The molecule has 136 valence electrons. The Bertz CT molecular complexity index is 962. The lowest BCUT2D eigenvalue weighted by Gasteiger charge is -2.05. The fourth-order valence-corrected chi connectivity index (χ4v) is 3.10. The van der Waals surface area contributed by atoms with Crippen molar-refractivity contribution in [2.24, 2.45) is 5.14 Å². The minimum atomic E-state index is -3.75. The van der Waals surface area contributed by atoms with Crippen LogP contribution in [0.25, 0.3) is 0 Å². The van der Waals surface area contributed by atoms with Gasteiger partial charge in [0.05, 0.1) is 4.90 Å². The third kappa shape index (κ3) is 4.89. The van der Waals surface area contributed by atoms with Crippen LogP contribution in [0.4, 0.5) is 0 Å². The van der Waals surface area contributed by atoms with Crippen molar-refractivity contribution in [1.82, 2.24) is 10.0 Å². The van der Waals surface area contributed by atoms with Crippen LogP contribution in [0.2, 0.25) is 0 Å². The van der Waals surface area contributed by atoms with E-state index in [-0.39, 0.29) is 22.3 Å². The van der Waals surface area contributed by atoms with Crippen molar-refractivity contribution in [1.29, 1.82) is 0 Å². The number of hydrogen-bond donors (Lipinski definition) is 3. The summed E-state index contributed by atoms with van der Waals surface area (Å²) in [5.74, 6) is -0.683. The lowest BCUT2D eigenvalue weighted by Crippen LogP contribution is -2.25. The number of amides is 1. The van der Waals surface area contributed by atoms with E-state index in [1.54, 1.807) is 12.1 Å². The molecule has 1 aromatic heterocycles. The van der Waals surface area contributed by atoms with E-state index in [2.05, 4.69) is 10.0 Å². The van der Waals surface area contributed by atoms with Crippen LogP contribution in [0, 0.1) is 0 Å². The Morgan fingerprint density at radius 3 is 2.28 bits per heavy atom. The number of nitrogens with one attached hydrogen (secondary N) is 2. The van der Waals surface area contributed by atoms with Gasteiger partial charge in [-0.2, -0.15) is 0 Å². The molecule has 0 fully saturated rings. The van der Waals surface area contributed by atoms with Crippen molar-refractivity contribution in [3.63, 3.8) is 0 Å². The quantitative estimate of drug-likeness (QED) is 0.599. The van der Waals surface area contributed by atoms with E-state index in [0.717, 1.165) is 5.56 Å². The number of nitrogens with two attached hydrogens (primary N) is 1. The van der Waals surface area contributed by atoms with Gasteiger partial charge in [0.15, 0.2) is 5.76 Å². The molecular formula is C14H17N3O6S2. The van der Waals surface area contributed by atoms with E-state index in [1.807, 2.05) is 0 Å². The Morgan fingerprint density at radius 1 is 1.08 bits per heavy atom. The Morgan fingerprint density at radius 2 is 1.72 bits per heavy atom. The average molecular weight is 387 g/mol. The average Bonchev–Trinajstić information content (AvgIpc) is 3.05. The summed E-state index contributed by atoms with van der Waals surface area (Å²) in [6.45, 7) is 0.252. The van der Waals surface area contributed by atoms with E-state index in [4.69, 9.17) is 9.56 Å². The van der Waals surface area contributed by atoms with Gasteiger partial charge in [-0.05, 0) is 43.3 Å². The van der Waals surface area contributed by atoms with E-state index >= 15 is 0 Å². The molecule has 0 aliphatic carbocycles. The molecular weight excluding hydrogens is 370 g/mol. The highest BCUT2D eigenvalue weighted by atomic mass is 32.2. The highest BCUT2D eigenvalue weighted by Crippen LogP contribution is 2.13. The molecule has 1 aromatic carbocycles. The first-order chi connectivity index (χ1) is 11.6. The number of hydrogen-bond acceptors (Lipinski definition) is 6. The molecule has 4 N–H and O–H groups in total. The second-order valence-corrected chi connectivity index (χ2v) is 8.40. The van der Waals surface area contributed by atoms with Crippen molar-refractivity contribution < 1.29 is 26.0 Å². The largest absolute Gasteiger partial charge is 0.438 e. The van der Waals surface area contributed by atoms with Gasteiger partial charge in [-0.3, -0.25) is 4.79 Å². The van der Waals surface area contributed by atoms with Crippen LogP contribution in [-0.2, 0) is 26.5 Å². The third-order valence-corrected chi connectivity index (χ3v) is 5.51. The van der Waals surface area contributed by atoms with Crippen molar-refractivity contribution in [2.45, 2.75) is 16.4 Å². The molecule has 1 amide bonds. The molecule has 25 heavy (non-hydrogen) atoms. The minimum Gasteiger partial charge on any atom is -0.438 e. The highest BCUT2D eigenvalue weighted by molar-refractivity contribution is 7.89. The van der Waals surface area contributed by atoms with Gasteiger partial charge in [0.1, 0.15) is 0 Å². The molecule has 9 nitrogen and oxygen atoms in total. The maximum absolute atomic E-state index is 11.9. The predicted molar refractivity (Wildman–Crippen MR) is 88.8 cm³/mol. The van der Waals surface area contributed by atoms with Crippen molar-refractivity contribution >= 4 is 26.0 Å². The first-order valence-electron chi connectivity index (χ1n) is 7.07. The lowest BCUT2D eigenvalue weighted by atomic mass is 10.1. The Hall–Kier alpha value is -2.21. The van der Waals surface area contributed by atoms with Crippen LogP contribution in [0.15, 0.2) is 50.8 Å². The second-order valence-electron chi connectivity index (χ2n) is 5.02. The number of carbonyl (C=O) groups excluding carboxylic acids is 1. The van der Waals surface area contributed by atoms with Gasteiger partial charge in [-0.15, -0.1) is 0 Å². The fraction of sp³-hybridized carbons (Fsp3) is 0.214. The van der Waals surface area contributed by atoms with E-state index < -0.39 is 26.0 Å². The summed E-state index contributed by atoms with van der Waals surface area (Å²) in [5.41, 5.74) is 0.797. The van der Waals surface area contributed by atoms with Crippen molar-refractivity contribution in [2.75, 3.05) is 13.6 Å². The van der Waals surface area contributed by atoms with E-state index in [1.165, 1.54) is 31.3 Å². The number of primary sulfonamides is 1. The predicted octanol–water partition coefficient (Wildman–Crippen LogP) is -0.192. The number of carbonyl (C=O) groups is 1. The molecule has 0 spiro atoms. The second kappa shape index (κ2) is 7.35. The zero-order chi connectivity index (χ0) is 18.7. The monoisotopic (exact) mass is 387 g/mol. The summed E-state index contributed by atoms with van der Waals surface area (Å²) in [6, 6.07) is 8.40. The van der Waals surface area contributed by atoms with Crippen LogP contribution >= 0.6 is 0 Å². The standard InChI is InChI=1S/C14H17N3O6S2/c1-16-25(21,22)13-7-6-12(23-13)14(18)17-9-8-10-2-4-11(5-3-10)24(15,19)20/h2-7,16H,8-9H2,1H3,(H,17,18)(H2,15,19,20). The molecule has 0 atom stereocenters. The van der Waals surface area contributed by atoms with Gasteiger partial charge in [-0.25, -0.2) is 26.7 Å². The number of benzene rings is 1. The molecule has 2 aromatic rings. The fourth-order valence-electron chi connectivity index (χ4n) is 1.94. The Balaban J connectivity index is 1.93. The summed E-state index contributed by atoms with van der Waals surface area (Å²) in [7, 11) is -6.25. The summed E-state index contributed by atoms with van der Waals surface area (Å²) >= 11 is 0. The zero-order valence-corrected chi connectivity index (χ0v) is 14.9. The van der Waals surface area contributed by atoms with E-state index in [0.29, 0.717) is 6.42 Å². The van der Waals surface area contributed by atoms with Crippen molar-refractivity contribution in [3.8, 4) is 0 Å². The van der Waals surface area contributed by atoms with Gasteiger partial charge in [0.25, 0.3) is 15.9 Å². The summed E-state index contributed by atoms with van der Waals surface area (Å²) in [6.07, 6.45) is 0.443. The Labute approximate surface area is 145 Å². The molecule has 2 rings (SSSR count). The topological polar surface area (TPSA) is 149 Å². The zero-order valence-electron chi connectivity index (χ0n) is 13.2. The summed E-state index contributed by atoms with van der Waals surface area (Å²) in [5, 5.41) is 7.25. The van der Waals surface area contributed by atoms with E-state index in [9.17, 15) is 21.6 Å². The Kier molecular flexibility index (Phi) is 5.62. The number of furan rings is 1. The van der Waals surface area contributed by atoms with Crippen LogP contribution in [0.3, 0.4) is 0 Å². The summed E-state index contributed by atoms with van der Waals surface area (Å²) < 4.78 is 52.5. The number of rotatable bonds is 7. The third-order valence-electron chi connectivity index (χ3n) is 3.29. The number of sulfonamides is 2. The maximum atomic E-state index is 11.9. The van der Waals surface area contributed by atoms with Gasteiger partial charge in [0.2, 0.25) is 15.1 Å². The first kappa shape index (κ1) is 19.1. The van der Waals surface area contributed by atoms with Crippen LogP contribution in [0.5, 0.6) is 0 Å². The maximum Gasteiger partial charge on any atom is 0.287 e. The molecule has 0 bridgehead atoms. The normalized spacial score (nSPS) is 12.1. The van der Waals surface area contributed by atoms with Gasteiger partial charge in [-0.1, -0.05) is 12.1 Å². The minimum absolute atomic E-state index is 0.00847. The molecule has 0 unspecified atom stereocenters. The lowest BCUT2D eigenvalue weighted by molar-refractivity contribution is 0.0921. The smallest absolute Gasteiger partial charge is 0.287 e. The van der Waals surface area contributed by atoms with Crippen molar-refractivity contribution in [3.05, 3.63) is 47.7 Å². The van der Waals surface area contributed by atoms with Crippen LogP contribution in [0.1, 0.15) is 16.1 Å². The molecule has 0 saturated heterocycles. The van der Waals surface area contributed by atoms with Gasteiger partial charge < -0.3 is 9.73 Å². The summed E-state index contributed by atoms with van der Waals surface area (Å²) in [4.78, 5) is 11.9. The first-order valence-corrected chi connectivity index (χ1v) is 10.1. The molecule has 0 radical (unpaired) electrons. The SMILES string of the molecule is CNS(=O)(=O)c1ccc(C(=O)NCCc2ccc(S(N)(=O)=O)cc2)o1. The molecule has 0 saturated carbocycles. The van der Waals surface area contributed by atoms with Crippen LogP contribution in [-0.4, -0.2) is 36.3 Å². The highest BCUT2D eigenvalue weighted by Gasteiger charge is 2.19. The molecule has 0 aliphatic heterocycles.